The van der Waals surface area contributed by atoms with Crippen LogP contribution in [0.2, 0.25) is 0 Å². The normalized spacial score (nSPS) is 14.8. The van der Waals surface area contributed by atoms with Gasteiger partial charge in [-0.3, -0.25) is 9.69 Å². The first kappa shape index (κ1) is 22.6. The van der Waals surface area contributed by atoms with E-state index in [0.717, 1.165) is 21.3 Å². The minimum absolute atomic E-state index is 0.135. The van der Waals surface area contributed by atoms with E-state index in [9.17, 15) is 4.79 Å². The van der Waals surface area contributed by atoms with Crippen molar-refractivity contribution in [2.75, 3.05) is 11.5 Å². The molecule has 1 saturated heterocycles. The molecule has 0 radical (unpaired) electrons. The summed E-state index contributed by atoms with van der Waals surface area (Å²) in [5, 5.41) is 0. The number of hydrogen-bond donors (Lipinski definition) is 0. The Morgan fingerprint density at radius 3 is 2.47 bits per heavy atom. The summed E-state index contributed by atoms with van der Waals surface area (Å²) in [5.41, 5.74) is 2.67. The van der Waals surface area contributed by atoms with Crippen molar-refractivity contribution >= 4 is 61.9 Å². The van der Waals surface area contributed by atoms with E-state index in [1.54, 1.807) is 4.90 Å². The number of carbonyl (C=O) groups is 1. The van der Waals surface area contributed by atoms with Gasteiger partial charge in [0.2, 0.25) is 0 Å². The van der Waals surface area contributed by atoms with Gasteiger partial charge in [0.25, 0.3) is 5.91 Å². The van der Waals surface area contributed by atoms with Gasteiger partial charge in [-0.05, 0) is 60.5 Å². The number of halogens is 1. The van der Waals surface area contributed by atoms with Crippen LogP contribution in [-0.4, -0.2) is 16.8 Å². The minimum atomic E-state index is -0.135. The van der Waals surface area contributed by atoms with Gasteiger partial charge in [-0.2, -0.15) is 0 Å². The summed E-state index contributed by atoms with van der Waals surface area (Å²) >= 11 is 10.2. The number of amides is 1. The van der Waals surface area contributed by atoms with E-state index in [0.29, 0.717) is 33.9 Å². The SMILES string of the molecule is CCOc1cc(/C=C2/SC(=S)N(c3ccc(Br)cc3)C2=O)ccc1OCc1ccccc1. The summed E-state index contributed by atoms with van der Waals surface area (Å²) in [5.74, 6) is 1.17. The maximum atomic E-state index is 13.0. The lowest BCUT2D eigenvalue weighted by atomic mass is 10.1. The van der Waals surface area contributed by atoms with Crippen LogP contribution in [0.3, 0.4) is 0 Å². The largest absolute Gasteiger partial charge is 0.490 e. The maximum absolute atomic E-state index is 13.0. The van der Waals surface area contributed by atoms with E-state index >= 15 is 0 Å². The Balaban J connectivity index is 1.55. The fourth-order valence-electron chi connectivity index (χ4n) is 3.17. The molecule has 0 atom stereocenters. The number of thiocarbonyl (C=S) groups is 1. The number of nitrogens with zero attached hydrogens (tertiary/aromatic N) is 1. The van der Waals surface area contributed by atoms with Crippen molar-refractivity contribution in [2.24, 2.45) is 0 Å². The molecule has 1 fully saturated rings. The standard InChI is InChI=1S/C25H20BrNO3S2/c1-2-29-22-14-18(8-13-21(22)30-16-17-6-4-3-5-7-17)15-23-24(28)27(25(31)32-23)20-11-9-19(26)10-12-20/h3-15H,2,16H2,1H3/b23-15+. The molecule has 0 aliphatic carbocycles. The predicted octanol–water partition coefficient (Wildman–Crippen LogP) is 6.83. The molecular formula is C25H20BrNO3S2. The summed E-state index contributed by atoms with van der Waals surface area (Å²) in [6, 6.07) is 23.1. The van der Waals surface area contributed by atoms with Crippen LogP contribution in [-0.2, 0) is 11.4 Å². The van der Waals surface area contributed by atoms with Crippen molar-refractivity contribution in [1.29, 1.82) is 0 Å². The number of rotatable bonds is 7. The van der Waals surface area contributed by atoms with Crippen molar-refractivity contribution in [3.8, 4) is 11.5 Å². The third-order valence-electron chi connectivity index (χ3n) is 4.68. The lowest BCUT2D eigenvalue weighted by Gasteiger charge is -2.14. The highest BCUT2D eigenvalue weighted by molar-refractivity contribution is 9.10. The zero-order valence-corrected chi connectivity index (χ0v) is 20.5. The number of carbonyl (C=O) groups excluding carboxylic acids is 1. The van der Waals surface area contributed by atoms with Gasteiger partial charge < -0.3 is 9.47 Å². The van der Waals surface area contributed by atoms with Crippen molar-refractivity contribution in [3.05, 3.63) is 93.3 Å². The molecular weight excluding hydrogens is 506 g/mol. The number of anilines is 1. The number of benzene rings is 3. The lowest BCUT2D eigenvalue weighted by molar-refractivity contribution is -0.113. The summed E-state index contributed by atoms with van der Waals surface area (Å²) in [7, 11) is 0. The van der Waals surface area contributed by atoms with Crippen LogP contribution in [0.4, 0.5) is 5.69 Å². The van der Waals surface area contributed by atoms with Crippen LogP contribution in [0.1, 0.15) is 18.1 Å². The average molecular weight is 526 g/mol. The first-order valence-corrected chi connectivity index (χ1v) is 12.0. The Labute approximate surface area is 205 Å². The van der Waals surface area contributed by atoms with Gasteiger partial charge in [0.1, 0.15) is 6.61 Å². The molecule has 1 aliphatic heterocycles. The van der Waals surface area contributed by atoms with Crippen molar-refractivity contribution in [3.63, 3.8) is 0 Å². The van der Waals surface area contributed by atoms with E-state index in [-0.39, 0.29) is 5.91 Å². The Bertz CT molecular complexity index is 1160. The molecule has 1 amide bonds. The van der Waals surface area contributed by atoms with E-state index in [2.05, 4.69) is 15.9 Å². The number of hydrogen-bond acceptors (Lipinski definition) is 5. The van der Waals surface area contributed by atoms with Crippen LogP contribution in [0, 0.1) is 0 Å². The van der Waals surface area contributed by atoms with Gasteiger partial charge in [0, 0.05) is 4.47 Å². The van der Waals surface area contributed by atoms with E-state index in [4.69, 9.17) is 21.7 Å². The molecule has 0 spiro atoms. The second-order valence-corrected chi connectivity index (χ2v) is 9.50. The molecule has 0 aromatic heterocycles. The van der Waals surface area contributed by atoms with Gasteiger partial charge in [-0.1, -0.05) is 76.3 Å². The second-order valence-electron chi connectivity index (χ2n) is 6.91. The van der Waals surface area contributed by atoms with Gasteiger partial charge in [-0.25, -0.2) is 0 Å². The summed E-state index contributed by atoms with van der Waals surface area (Å²) in [6.45, 7) is 2.89. The monoisotopic (exact) mass is 525 g/mol. The predicted molar refractivity (Wildman–Crippen MR) is 138 cm³/mol. The molecule has 4 rings (SSSR count). The van der Waals surface area contributed by atoms with Crippen LogP contribution in [0.15, 0.2) is 82.2 Å². The van der Waals surface area contributed by atoms with Crippen molar-refractivity contribution in [1.82, 2.24) is 0 Å². The zero-order chi connectivity index (χ0) is 22.5. The molecule has 1 aliphatic rings. The first-order valence-electron chi connectivity index (χ1n) is 10.0. The molecule has 0 unspecified atom stereocenters. The lowest BCUT2D eigenvalue weighted by Crippen LogP contribution is -2.27. The highest BCUT2D eigenvalue weighted by atomic mass is 79.9. The fourth-order valence-corrected chi connectivity index (χ4v) is 4.73. The van der Waals surface area contributed by atoms with Gasteiger partial charge in [-0.15, -0.1) is 0 Å². The first-order chi connectivity index (χ1) is 15.5. The molecule has 4 nitrogen and oxygen atoms in total. The van der Waals surface area contributed by atoms with Crippen LogP contribution in [0.5, 0.6) is 11.5 Å². The quantitative estimate of drug-likeness (QED) is 0.249. The minimum Gasteiger partial charge on any atom is -0.490 e. The molecule has 32 heavy (non-hydrogen) atoms. The van der Waals surface area contributed by atoms with Gasteiger partial charge in [0.05, 0.1) is 17.2 Å². The van der Waals surface area contributed by atoms with Crippen molar-refractivity contribution < 1.29 is 14.3 Å². The molecule has 1 heterocycles. The Morgan fingerprint density at radius 2 is 1.75 bits per heavy atom. The van der Waals surface area contributed by atoms with E-state index < -0.39 is 0 Å². The molecule has 7 heteroatoms. The smallest absolute Gasteiger partial charge is 0.270 e. The van der Waals surface area contributed by atoms with Gasteiger partial charge >= 0.3 is 0 Å². The second kappa shape index (κ2) is 10.3. The highest BCUT2D eigenvalue weighted by Crippen LogP contribution is 2.37. The average Bonchev–Trinajstić information content (AvgIpc) is 3.07. The summed E-state index contributed by atoms with van der Waals surface area (Å²) in [4.78, 5) is 15.1. The van der Waals surface area contributed by atoms with Crippen molar-refractivity contribution in [2.45, 2.75) is 13.5 Å². The van der Waals surface area contributed by atoms with Gasteiger partial charge in [0.15, 0.2) is 15.8 Å². The fraction of sp³-hybridized carbons (Fsp3) is 0.120. The maximum Gasteiger partial charge on any atom is 0.270 e. The van der Waals surface area contributed by atoms with Crippen LogP contribution < -0.4 is 14.4 Å². The summed E-state index contributed by atoms with van der Waals surface area (Å²) in [6.07, 6.45) is 1.83. The molecule has 3 aromatic carbocycles. The number of thioether (sulfide) groups is 1. The molecule has 0 bridgehead atoms. The third kappa shape index (κ3) is 5.23. The van der Waals surface area contributed by atoms with E-state index in [1.165, 1.54) is 11.8 Å². The van der Waals surface area contributed by atoms with Crippen LogP contribution in [0.25, 0.3) is 6.08 Å². The molecule has 0 saturated carbocycles. The molecule has 162 valence electrons. The Kier molecular flexibility index (Phi) is 7.29. The summed E-state index contributed by atoms with van der Waals surface area (Å²) < 4.78 is 13.2. The topological polar surface area (TPSA) is 38.8 Å². The third-order valence-corrected chi connectivity index (χ3v) is 6.51. The highest BCUT2D eigenvalue weighted by Gasteiger charge is 2.33. The molecule has 0 N–H and O–H groups in total. The Morgan fingerprint density at radius 1 is 1.00 bits per heavy atom. The zero-order valence-electron chi connectivity index (χ0n) is 17.3. The number of ether oxygens (including phenoxy) is 2. The molecule has 3 aromatic rings. The Hall–Kier alpha value is -2.61. The van der Waals surface area contributed by atoms with Crippen LogP contribution >= 0.6 is 39.9 Å². The van der Waals surface area contributed by atoms with E-state index in [1.807, 2.05) is 85.8 Å².